The van der Waals surface area contributed by atoms with E-state index in [1.54, 1.807) is 19.2 Å². The summed E-state index contributed by atoms with van der Waals surface area (Å²) in [7, 11) is 4.43. The number of ketones is 3. The van der Waals surface area contributed by atoms with Gasteiger partial charge in [0, 0.05) is 38.2 Å². The third-order valence-corrected chi connectivity index (χ3v) is 9.66. The molecule has 4 aliphatic carbocycles. The van der Waals surface area contributed by atoms with E-state index in [0.717, 1.165) is 32.1 Å². The van der Waals surface area contributed by atoms with Gasteiger partial charge in [-0.3, -0.25) is 14.4 Å². The highest BCUT2D eigenvalue weighted by Crippen LogP contribution is 2.49. The highest BCUT2D eigenvalue weighted by atomic mass is 79.9. The Bertz CT molecular complexity index is 1430. The molecule has 0 amide bonds. The number of benzene rings is 2. The second-order valence-electron chi connectivity index (χ2n) is 10.9. The minimum absolute atomic E-state index is 0.0170. The van der Waals surface area contributed by atoms with Crippen molar-refractivity contribution in [2.45, 2.75) is 44.4 Å². The summed E-state index contributed by atoms with van der Waals surface area (Å²) in [6.45, 7) is 0. The van der Waals surface area contributed by atoms with Crippen LogP contribution in [-0.4, -0.2) is 38.7 Å². The van der Waals surface area contributed by atoms with Gasteiger partial charge >= 0.3 is 0 Å². The van der Waals surface area contributed by atoms with Gasteiger partial charge in [0.15, 0.2) is 17.3 Å². The Balaban J connectivity index is 0.000000165. The van der Waals surface area contributed by atoms with Crippen LogP contribution in [0.2, 0.25) is 0 Å². The van der Waals surface area contributed by atoms with Crippen molar-refractivity contribution >= 4 is 54.8 Å². The maximum atomic E-state index is 14.5. The largest absolute Gasteiger partial charge is 0.500 e. The molecule has 4 unspecified atom stereocenters. The van der Waals surface area contributed by atoms with E-state index in [-0.39, 0.29) is 57.9 Å². The monoisotopic (exact) mass is 694 g/mol. The first kappa shape index (κ1) is 29.9. The summed E-state index contributed by atoms with van der Waals surface area (Å²) in [4.78, 5) is 37.6. The van der Waals surface area contributed by atoms with E-state index in [1.165, 1.54) is 26.4 Å². The molecule has 0 N–H and O–H groups in total. The summed E-state index contributed by atoms with van der Waals surface area (Å²) in [6.07, 6.45) is 4.70. The van der Waals surface area contributed by atoms with Gasteiger partial charge in [-0.2, -0.15) is 0 Å². The molecule has 4 aliphatic rings. The standard InChI is InChI=1S/C16H16BrFO3.C15H14BrFO3/c1-20-12-7-10(17)6-11(18)13(12)14-15(19)8-3-4-9(5-8)16(14)21-2;1-20-11-6-9(16)5-10(17)12(11)13-14(18)7-2-3-8(4-7)15(13)19/h6-9H,3-5H2,1-2H3;5-8,13H,2-4H2,1H3. The van der Waals surface area contributed by atoms with Crippen LogP contribution in [0, 0.1) is 35.3 Å². The zero-order valence-corrected chi connectivity index (χ0v) is 26.1. The first-order valence-electron chi connectivity index (χ1n) is 13.6. The molecule has 10 heteroatoms. The van der Waals surface area contributed by atoms with Crippen LogP contribution < -0.4 is 9.47 Å². The molecule has 0 aromatic heterocycles. The van der Waals surface area contributed by atoms with Gasteiger partial charge in [-0.15, -0.1) is 0 Å². The van der Waals surface area contributed by atoms with Gasteiger partial charge in [0.05, 0.1) is 32.5 Å². The normalized spacial score (nSPS) is 26.6. The summed E-state index contributed by atoms with van der Waals surface area (Å²) < 4.78 is 45.8. The Morgan fingerprint density at radius 1 is 0.683 bits per heavy atom. The van der Waals surface area contributed by atoms with E-state index in [4.69, 9.17) is 14.2 Å². The third-order valence-electron chi connectivity index (χ3n) is 8.75. The lowest BCUT2D eigenvalue weighted by atomic mass is 9.75. The van der Waals surface area contributed by atoms with Crippen molar-refractivity contribution in [3.05, 3.63) is 61.7 Å². The maximum Gasteiger partial charge on any atom is 0.170 e. The maximum absolute atomic E-state index is 14.5. The van der Waals surface area contributed by atoms with Gasteiger partial charge in [0.2, 0.25) is 0 Å². The molecule has 41 heavy (non-hydrogen) atoms. The number of methoxy groups -OCH3 is 3. The smallest absolute Gasteiger partial charge is 0.170 e. The van der Waals surface area contributed by atoms with Crippen molar-refractivity contribution in [2.24, 2.45) is 23.7 Å². The summed E-state index contributed by atoms with van der Waals surface area (Å²) in [5.74, 6) is -1.16. The molecule has 218 valence electrons. The van der Waals surface area contributed by atoms with Crippen LogP contribution in [-0.2, 0) is 19.1 Å². The molecule has 4 atom stereocenters. The van der Waals surface area contributed by atoms with Crippen LogP contribution in [0.4, 0.5) is 8.78 Å². The number of ether oxygens (including phenoxy) is 3. The van der Waals surface area contributed by atoms with E-state index in [0.29, 0.717) is 32.4 Å². The molecule has 0 spiro atoms. The highest BCUT2D eigenvalue weighted by Gasteiger charge is 2.49. The summed E-state index contributed by atoms with van der Waals surface area (Å²) in [5, 5.41) is 0. The van der Waals surface area contributed by atoms with Crippen molar-refractivity contribution in [3.8, 4) is 11.5 Å². The van der Waals surface area contributed by atoms with Gasteiger partial charge < -0.3 is 14.2 Å². The van der Waals surface area contributed by atoms with Gasteiger partial charge in [0.25, 0.3) is 0 Å². The van der Waals surface area contributed by atoms with Crippen molar-refractivity contribution in [2.75, 3.05) is 21.3 Å². The van der Waals surface area contributed by atoms with Gasteiger partial charge in [0.1, 0.15) is 34.8 Å². The molecule has 3 saturated carbocycles. The molecule has 0 aliphatic heterocycles. The van der Waals surface area contributed by atoms with E-state index >= 15 is 0 Å². The zero-order chi connectivity index (χ0) is 29.6. The van der Waals surface area contributed by atoms with Crippen LogP contribution in [0.5, 0.6) is 11.5 Å². The van der Waals surface area contributed by atoms with E-state index in [9.17, 15) is 23.2 Å². The number of halogens is 4. The van der Waals surface area contributed by atoms with Gasteiger partial charge in [-0.25, -0.2) is 8.78 Å². The van der Waals surface area contributed by atoms with Crippen molar-refractivity contribution in [3.63, 3.8) is 0 Å². The van der Waals surface area contributed by atoms with Gasteiger partial charge in [-0.1, -0.05) is 31.9 Å². The Labute approximate surface area is 254 Å². The molecule has 2 aromatic carbocycles. The van der Waals surface area contributed by atoms with Crippen LogP contribution in [0.25, 0.3) is 5.57 Å². The number of rotatable bonds is 5. The van der Waals surface area contributed by atoms with Crippen LogP contribution in [0.15, 0.2) is 39.0 Å². The zero-order valence-electron chi connectivity index (χ0n) is 22.9. The third kappa shape index (κ3) is 5.38. The van der Waals surface area contributed by atoms with Crippen molar-refractivity contribution < 1.29 is 37.4 Å². The molecule has 2 aromatic rings. The number of hydrogen-bond acceptors (Lipinski definition) is 6. The number of carbonyl (C=O) groups excluding carboxylic acids is 3. The molecule has 4 bridgehead atoms. The molecule has 0 heterocycles. The van der Waals surface area contributed by atoms with E-state index in [1.807, 2.05) is 0 Å². The molecular weight excluding hydrogens is 666 g/mol. The predicted octanol–water partition coefficient (Wildman–Crippen LogP) is 7.20. The number of hydrogen-bond donors (Lipinski definition) is 0. The number of Topliss-reactive ketones (excluding diaryl/α,β-unsaturated/α-hetero) is 3. The molecule has 0 radical (unpaired) electrons. The van der Waals surface area contributed by atoms with Crippen LogP contribution in [0.3, 0.4) is 0 Å². The Morgan fingerprint density at radius 2 is 1.20 bits per heavy atom. The van der Waals surface area contributed by atoms with E-state index < -0.39 is 17.6 Å². The fraction of sp³-hybridized carbons (Fsp3) is 0.452. The Morgan fingerprint density at radius 3 is 1.78 bits per heavy atom. The first-order chi connectivity index (χ1) is 19.6. The minimum Gasteiger partial charge on any atom is -0.500 e. The lowest BCUT2D eigenvalue weighted by molar-refractivity contribution is -0.136. The van der Waals surface area contributed by atoms with Crippen molar-refractivity contribution in [1.82, 2.24) is 0 Å². The molecule has 6 rings (SSSR count). The average Bonchev–Trinajstić information content (AvgIpc) is 3.58. The molecule has 6 nitrogen and oxygen atoms in total. The fourth-order valence-corrected chi connectivity index (χ4v) is 7.68. The topological polar surface area (TPSA) is 78.9 Å². The second-order valence-corrected chi connectivity index (χ2v) is 12.8. The van der Waals surface area contributed by atoms with Gasteiger partial charge in [-0.05, 0) is 62.8 Å². The lowest BCUT2D eigenvalue weighted by Crippen LogP contribution is -2.35. The summed E-state index contributed by atoms with van der Waals surface area (Å²) in [6, 6.07) is 5.88. The molecular formula is C31H30Br2F2O6. The summed E-state index contributed by atoms with van der Waals surface area (Å²) >= 11 is 6.43. The average molecular weight is 696 g/mol. The number of carbonyl (C=O) groups is 3. The van der Waals surface area contributed by atoms with Crippen LogP contribution >= 0.6 is 31.9 Å². The quantitative estimate of drug-likeness (QED) is 0.308. The minimum atomic E-state index is -0.996. The molecule has 3 fully saturated rings. The lowest BCUT2D eigenvalue weighted by Gasteiger charge is -2.27. The number of allylic oxidation sites excluding steroid dienone is 2. The first-order valence-corrected chi connectivity index (χ1v) is 15.1. The second kappa shape index (κ2) is 12.0. The SMILES string of the molecule is COC1=C(c2c(F)cc(Br)cc2OC)C(=O)C2CCC1C2.COc1cc(Br)cc(F)c1C1C(=O)C2CCC(C2)C1=O. The van der Waals surface area contributed by atoms with E-state index in [2.05, 4.69) is 31.9 Å². The van der Waals surface area contributed by atoms with Crippen molar-refractivity contribution in [1.29, 1.82) is 0 Å². The Kier molecular flexibility index (Phi) is 8.71. The summed E-state index contributed by atoms with van der Waals surface area (Å²) in [5.41, 5.74) is 0.680. The van der Waals surface area contributed by atoms with Crippen LogP contribution in [0.1, 0.15) is 55.6 Å². The highest BCUT2D eigenvalue weighted by molar-refractivity contribution is 9.10. The fourth-order valence-electron chi connectivity index (χ4n) is 6.86. The Hall–Kier alpha value is -2.59. The molecule has 0 saturated heterocycles. The number of fused-ring (bicyclic) bond motifs is 4. The predicted molar refractivity (Wildman–Crippen MR) is 155 cm³/mol.